The third-order valence-electron chi connectivity index (χ3n) is 5.34. The van der Waals surface area contributed by atoms with Gasteiger partial charge < -0.3 is 20.1 Å². The smallest absolute Gasteiger partial charge is 0.259 e. The summed E-state index contributed by atoms with van der Waals surface area (Å²) in [6.07, 6.45) is 0.446. The Bertz CT molecular complexity index is 1110. The van der Waals surface area contributed by atoms with E-state index in [4.69, 9.17) is 9.72 Å². The van der Waals surface area contributed by atoms with Crippen LogP contribution in [0.3, 0.4) is 0 Å². The van der Waals surface area contributed by atoms with Crippen LogP contribution in [0.1, 0.15) is 22.3 Å². The molecule has 6 nitrogen and oxygen atoms in total. The molecule has 6 heteroatoms. The molecule has 0 bridgehead atoms. The Labute approximate surface area is 168 Å². The Morgan fingerprint density at radius 3 is 2.83 bits per heavy atom. The summed E-state index contributed by atoms with van der Waals surface area (Å²) in [5.74, 6) is 1.78. The highest BCUT2D eigenvalue weighted by Gasteiger charge is 2.23. The van der Waals surface area contributed by atoms with Crippen LogP contribution in [0, 0.1) is 6.92 Å². The highest BCUT2D eigenvalue weighted by molar-refractivity contribution is 6.08. The number of benzene rings is 2. The van der Waals surface area contributed by atoms with Gasteiger partial charge in [0, 0.05) is 18.7 Å². The number of amides is 1. The zero-order chi connectivity index (χ0) is 20.0. The largest absolute Gasteiger partial charge is 0.454 e. The van der Waals surface area contributed by atoms with Crippen molar-refractivity contribution in [2.45, 2.75) is 19.4 Å². The number of hydrogen-bond acceptors (Lipinski definition) is 5. The monoisotopic (exact) mass is 387 g/mol. The van der Waals surface area contributed by atoms with Crippen LogP contribution in [0.4, 0.5) is 11.5 Å². The molecule has 1 aromatic heterocycles. The minimum Gasteiger partial charge on any atom is -0.454 e. The van der Waals surface area contributed by atoms with Gasteiger partial charge in [-0.1, -0.05) is 12.1 Å². The molecule has 0 radical (unpaired) electrons. The number of nitrogens with one attached hydrogen (secondary N) is 1. The summed E-state index contributed by atoms with van der Waals surface area (Å²) in [7, 11) is 0. The van der Waals surface area contributed by atoms with E-state index < -0.39 is 0 Å². The molecule has 0 aliphatic carbocycles. The molecule has 3 aromatic rings. The summed E-state index contributed by atoms with van der Waals surface area (Å²) < 4.78 is 6.00. The van der Waals surface area contributed by atoms with Gasteiger partial charge in [-0.15, -0.1) is 0 Å². The molecule has 5 rings (SSSR count). The summed E-state index contributed by atoms with van der Waals surface area (Å²) in [5.41, 5.74) is 3.80. The van der Waals surface area contributed by atoms with Crippen LogP contribution >= 0.6 is 0 Å². The van der Waals surface area contributed by atoms with Gasteiger partial charge in [-0.05, 0) is 61.4 Å². The zero-order valence-electron chi connectivity index (χ0n) is 16.1. The van der Waals surface area contributed by atoms with Crippen LogP contribution in [-0.4, -0.2) is 35.2 Å². The molecule has 1 amide bonds. The van der Waals surface area contributed by atoms with Crippen molar-refractivity contribution in [3.05, 3.63) is 65.7 Å². The lowest BCUT2D eigenvalue weighted by Gasteiger charge is -2.17. The van der Waals surface area contributed by atoms with Crippen LogP contribution < -0.4 is 15.0 Å². The highest BCUT2D eigenvalue weighted by atomic mass is 16.5. The van der Waals surface area contributed by atoms with Crippen molar-refractivity contribution in [3.8, 4) is 22.8 Å². The van der Waals surface area contributed by atoms with Gasteiger partial charge in [0.15, 0.2) is 5.75 Å². The Morgan fingerprint density at radius 2 is 2.00 bits per heavy atom. The molecule has 1 saturated heterocycles. The van der Waals surface area contributed by atoms with Gasteiger partial charge >= 0.3 is 0 Å². The fourth-order valence-corrected chi connectivity index (χ4v) is 3.80. The molecule has 2 aliphatic rings. The van der Waals surface area contributed by atoms with E-state index in [2.05, 4.69) is 10.2 Å². The standard InChI is InChI=1S/C23H21N3O3/c1-14-5-7-21-19(11-14)25-23(28)17-12-15(6-8-20(17)29-21)18-3-2-4-22(24-18)26-10-9-16(27)13-26/h2-8,11-12,16,27H,9-10,13H2,1H3,(H,25,28). The number of carbonyl (C=O) groups excluding carboxylic acids is 1. The third kappa shape index (κ3) is 3.32. The van der Waals surface area contributed by atoms with Crippen LogP contribution in [0.5, 0.6) is 11.5 Å². The first kappa shape index (κ1) is 17.7. The van der Waals surface area contributed by atoms with E-state index in [1.54, 1.807) is 0 Å². The molecule has 146 valence electrons. The quantitative estimate of drug-likeness (QED) is 0.696. The molecule has 0 spiro atoms. The van der Waals surface area contributed by atoms with E-state index in [9.17, 15) is 9.90 Å². The first-order valence-corrected chi connectivity index (χ1v) is 9.71. The topological polar surface area (TPSA) is 74.7 Å². The van der Waals surface area contributed by atoms with Gasteiger partial charge in [0.05, 0.1) is 23.0 Å². The maximum atomic E-state index is 12.8. The van der Waals surface area contributed by atoms with Crippen molar-refractivity contribution in [1.82, 2.24) is 4.98 Å². The minimum absolute atomic E-state index is 0.204. The molecule has 2 aromatic carbocycles. The first-order valence-electron chi connectivity index (χ1n) is 9.71. The summed E-state index contributed by atoms with van der Waals surface area (Å²) in [5, 5.41) is 12.7. The second-order valence-corrected chi connectivity index (χ2v) is 7.54. The maximum absolute atomic E-state index is 12.8. The number of β-amino-alcohol motifs (C(OH)–C–C–N with tert-alkyl or cyclic N) is 1. The lowest BCUT2D eigenvalue weighted by molar-refractivity contribution is 0.102. The van der Waals surface area contributed by atoms with Crippen LogP contribution in [0.25, 0.3) is 11.3 Å². The highest BCUT2D eigenvalue weighted by Crippen LogP contribution is 2.37. The Kier molecular flexibility index (Phi) is 4.21. The van der Waals surface area contributed by atoms with Crippen molar-refractivity contribution >= 4 is 17.4 Å². The van der Waals surface area contributed by atoms with Gasteiger partial charge in [-0.2, -0.15) is 0 Å². The molecule has 1 fully saturated rings. The summed E-state index contributed by atoms with van der Waals surface area (Å²) >= 11 is 0. The maximum Gasteiger partial charge on any atom is 0.259 e. The molecule has 1 unspecified atom stereocenters. The lowest BCUT2D eigenvalue weighted by atomic mass is 10.1. The van der Waals surface area contributed by atoms with E-state index in [1.807, 2.05) is 61.5 Å². The normalized spacial score (nSPS) is 17.8. The number of fused-ring (bicyclic) bond motifs is 2. The SMILES string of the molecule is Cc1ccc2c(c1)NC(=O)c1cc(-c3cccc(N4CCC(O)C4)n3)ccc1O2. The molecule has 29 heavy (non-hydrogen) atoms. The molecular weight excluding hydrogens is 366 g/mol. The fraction of sp³-hybridized carbons (Fsp3) is 0.217. The predicted molar refractivity (Wildman–Crippen MR) is 112 cm³/mol. The number of ether oxygens (including phenoxy) is 1. The molecule has 1 atom stereocenters. The minimum atomic E-state index is -0.306. The number of aryl methyl sites for hydroxylation is 1. The van der Waals surface area contributed by atoms with Crippen molar-refractivity contribution in [1.29, 1.82) is 0 Å². The Morgan fingerprint density at radius 1 is 1.14 bits per heavy atom. The van der Waals surface area contributed by atoms with Gasteiger partial charge in [0.1, 0.15) is 11.6 Å². The van der Waals surface area contributed by atoms with Crippen molar-refractivity contribution in [3.63, 3.8) is 0 Å². The second-order valence-electron chi connectivity index (χ2n) is 7.54. The van der Waals surface area contributed by atoms with Crippen LogP contribution in [0.15, 0.2) is 54.6 Å². The van der Waals surface area contributed by atoms with Crippen molar-refractivity contribution in [2.75, 3.05) is 23.3 Å². The number of pyridine rings is 1. The van der Waals surface area contributed by atoms with E-state index in [0.29, 0.717) is 29.3 Å². The van der Waals surface area contributed by atoms with Crippen LogP contribution in [-0.2, 0) is 0 Å². The predicted octanol–water partition coefficient (Wildman–Crippen LogP) is 3.99. The number of anilines is 2. The first-order chi connectivity index (χ1) is 14.1. The Hall–Kier alpha value is -3.38. The second kappa shape index (κ2) is 6.90. The third-order valence-corrected chi connectivity index (χ3v) is 5.34. The number of hydrogen-bond donors (Lipinski definition) is 2. The number of carbonyl (C=O) groups is 1. The number of rotatable bonds is 2. The van der Waals surface area contributed by atoms with E-state index in [-0.39, 0.29) is 12.0 Å². The summed E-state index contributed by atoms with van der Waals surface area (Å²) in [6, 6.07) is 17.1. The van der Waals surface area contributed by atoms with Gasteiger partial charge in [-0.3, -0.25) is 4.79 Å². The van der Waals surface area contributed by atoms with Crippen molar-refractivity contribution in [2.24, 2.45) is 0 Å². The molecular formula is C23H21N3O3. The van der Waals surface area contributed by atoms with Gasteiger partial charge in [0.2, 0.25) is 0 Å². The van der Waals surface area contributed by atoms with E-state index >= 15 is 0 Å². The Balaban J connectivity index is 1.50. The van der Waals surface area contributed by atoms with Gasteiger partial charge in [-0.25, -0.2) is 4.98 Å². The van der Waals surface area contributed by atoms with E-state index in [1.165, 1.54) is 0 Å². The molecule has 3 heterocycles. The number of aliphatic hydroxyl groups is 1. The van der Waals surface area contributed by atoms with Gasteiger partial charge in [0.25, 0.3) is 5.91 Å². The number of aromatic nitrogens is 1. The number of nitrogens with zero attached hydrogens (tertiary/aromatic N) is 2. The molecule has 2 aliphatic heterocycles. The summed E-state index contributed by atoms with van der Waals surface area (Å²) in [6.45, 7) is 3.35. The summed E-state index contributed by atoms with van der Waals surface area (Å²) in [4.78, 5) is 19.7. The zero-order valence-corrected chi connectivity index (χ0v) is 16.1. The lowest BCUT2D eigenvalue weighted by Crippen LogP contribution is -2.22. The van der Waals surface area contributed by atoms with Crippen LogP contribution in [0.2, 0.25) is 0 Å². The van der Waals surface area contributed by atoms with E-state index in [0.717, 1.165) is 35.6 Å². The number of aliphatic hydroxyl groups excluding tert-OH is 1. The molecule has 2 N–H and O–H groups in total. The fourth-order valence-electron chi connectivity index (χ4n) is 3.80. The molecule has 0 saturated carbocycles. The van der Waals surface area contributed by atoms with Crippen molar-refractivity contribution < 1.29 is 14.6 Å². The average Bonchev–Trinajstić information content (AvgIpc) is 3.11. The average molecular weight is 387 g/mol.